The lowest BCUT2D eigenvalue weighted by Crippen LogP contribution is -2.42. The van der Waals surface area contributed by atoms with Crippen LogP contribution in [0.4, 0.5) is 0 Å². The lowest BCUT2D eigenvalue weighted by Gasteiger charge is -2.39. The standard InChI is InChI=1S/C24H32N2O4S/c1-17(2)31(28,29)22-10-6-5-9-21(22)24(27)25-16-19-8-7-15-26(3)23(19)18-11-13-20(30-4)14-12-18/h5-6,9-14,17,19,23H,7-8,15-16H2,1-4H3,(H,25,27). The van der Waals surface area contributed by atoms with E-state index in [1.807, 2.05) is 12.1 Å². The highest BCUT2D eigenvalue weighted by atomic mass is 32.2. The Morgan fingerprint density at radius 2 is 1.84 bits per heavy atom. The summed E-state index contributed by atoms with van der Waals surface area (Å²) < 4.78 is 30.7. The van der Waals surface area contributed by atoms with Gasteiger partial charge in [-0.1, -0.05) is 24.3 Å². The van der Waals surface area contributed by atoms with Crippen molar-refractivity contribution in [3.05, 3.63) is 59.7 Å². The van der Waals surface area contributed by atoms with E-state index in [4.69, 9.17) is 4.74 Å². The average Bonchev–Trinajstić information content (AvgIpc) is 2.77. The van der Waals surface area contributed by atoms with Crippen molar-refractivity contribution in [1.29, 1.82) is 0 Å². The zero-order valence-electron chi connectivity index (χ0n) is 18.7. The van der Waals surface area contributed by atoms with Gasteiger partial charge in [0, 0.05) is 12.6 Å². The molecule has 168 valence electrons. The molecular formula is C24H32N2O4S. The van der Waals surface area contributed by atoms with Gasteiger partial charge in [-0.15, -0.1) is 0 Å². The van der Waals surface area contributed by atoms with Crippen LogP contribution < -0.4 is 10.1 Å². The second kappa shape index (κ2) is 9.83. The first-order valence-electron chi connectivity index (χ1n) is 10.7. The van der Waals surface area contributed by atoms with Crippen LogP contribution in [0.2, 0.25) is 0 Å². The molecule has 3 rings (SSSR count). The summed E-state index contributed by atoms with van der Waals surface area (Å²) in [6.07, 6.45) is 2.05. The number of benzene rings is 2. The molecule has 6 nitrogen and oxygen atoms in total. The molecule has 1 aliphatic rings. The van der Waals surface area contributed by atoms with Crippen LogP contribution in [0.5, 0.6) is 5.75 Å². The van der Waals surface area contributed by atoms with Gasteiger partial charge in [0.2, 0.25) is 0 Å². The second-order valence-corrected chi connectivity index (χ2v) is 10.9. The molecule has 1 amide bonds. The molecule has 2 aromatic rings. The van der Waals surface area contributed by atoms with Crippen molar-refractivity contribution in [2.45, 2.75) is 42.9 Å². The lowest BCUT2D eigenvalue weighted by atomic mass is 9.85. The Labute approximate surface area is 185 Å². The summed E-state index contributed by atoms with van der Waals surface area (Å²) in [6, 6.07) is 14.7. The summed E-state index contributed by atoms with van der Waals surface area (Å²) in [5.74, 6) is 0.696. The first-order chi connectivity index (χ1) is 14.8. The maximum absolute atomic E-state index is 13.0. The first kappa shape index (κ1) is 23.3. The third-order valence-electron chi connectivity index (χ3n) is 6.05. The van der Waals surface area contributed by atoms with Gasteiger partial charge >= 0.3 is 0 Å². The Bertz CT molecular complexity index is 1000. The molecule has 0 aliphatic carbocycles. The van der Waals surface area contributed by atoms with E-state index in [-0.39, 0.29) is 28.3 Å². The zero-order valence-corrected chi connectivity index (χ0v) is 19.5. The van der Waals surface area contributed by atoms with E-state index in [2.05, 4.69) is 29.4 Å². The van der Waals surface area contributed by atoms with Crippen LogP contribution in [0.1, 0.15) is 48.7 Å². The van der Waals surface area contributed by atoms with E-state index in [0.29, 0.717) is 6.54 Å². The smallest absolute Gasteiger partial charge is 0.252 e. The van der Waals surface area contributed by atoms with Crippen LogP contribution in [0, 0.1) is 5.92 Å². The number of ether oxygens (including phenoxy) is 1. The predicted molar refractivity (Wildman–Crippen MR) is 122 cm³/mol. The molecule has 31 heavy (non-hydrogen) atoms. The molecule has 0 radical (unpaired) electrons. The fourth-order valence-electron chi connectivity index (χ4n) is 4.28. The van der Waals surface area contributed by atoms with Crippen molar-refractivity contribution >= 4 is 15.7 Å². The largest absolute Gasteiger partial charge is 0.497 e. The molecule has 1 fully saturated rings. The third kappa shape index (κ3) is 5.10. The number of hydrogen-bond acceptors (Lipinski definition) is 5. The summed E-state index contributed by atoms with van der Waals surface area (Å²) in [4.78, 5) is 15.4. The van der Waals surface area contributed by atoms with Gasteiger partial charge in [-0.05, 0) is 76.0 Å². The quantitative estimate of drug-likeness (QED) is 0.705. The summed E-state index contributed by atoms with van der Waals surface area (Å²) in [6.45, 7) is 4.73. The Morgan fingerprint density at radius 1 is 1.16 bits per heavy atom. The van der Waals surface area contributed by atoms with E-state index in [9.17, 15) is 13.2 Å². The van der Waals surface area contributed by atoms with Gasteiger partial charge in [-0.25, -0.2) is 8.42 Å². The molecule has 0 bridgehead atoms. The van der Waals surface area contributed by atoms with Gasteiger partial charge in [0.15, 0.2) is 9.84 Å². The molecule has 2 atom stereocenters. The minimum Gasteiger partial charge on any atom is -0.497 e. The normalized spacial score (nSPS) is 19.9. The zero-order chi connectivity index (χ0) is 22.6. The monoisotopic (exact) mass is 444 g/mol. The fourth-order valence-corrected chi connectivity index (χ4v) is 5.52. The van der Waals surface area contributed by atoms with E-state index in [0.717, 1.165) is 25.1 Å². The van der Waals surface area contributed by atoms with Crippen molar-refractivity contribution in [1.82, 2.24) is 10.2 Å². The molecule has 0 spiro atoms. The highest BCUT2D eigenvalue weighted by Crippen LogP contribution is 2.35. The van der Waals surface area contributed by atoms with Crippen LogP contribution in [0.25, 0.3) is 0 Å². The number of piperidine rings is 1. The van der Waals surface area contributed by atoms with E-state index in [1.165, 1.54) is 11.6 Å². The molecule has 2 unspecified atom stereocenters. The number of methoxy groups -OCH3 is 1. The Kier molecular flexibility index (Phi) is 7.38. The second-order valence-electron chi connectivity index (χ2n) is 8.40. The third-order valence-corrected chi connectivity index (χ3v) is 8.26. The number of amides is 1. The number of carbonyl (C=O) groups excluding carboxylic acids is 1. The van der Waals surface area contributed by atoms with Crippen molar-refractivity contribution in [2.75, 3.05) is 27.2 Å². The number of likely N-dealkylation sites (tertiary alicyclic amines) is 1. The van der Waals surface area contributed by atoms with Gasteiger partial charge in [0.05, 0.1) is 22.8 Å². The minimum absolute atomic E-state index is 0.0926. The molecule has 2 aromatic carbocycles. The van der Waals surface area contributed by atoms with Crippen molar-refractivity contribution in [3.8, 4) is 5.75 Å². The molecule has 0 saturated carbocycles. The molecule has 0 aromatic heterocycles. The minimum atomic E-state index is -3.55. The number of nitrogens with one attached hydrogen (secondary N) is 1. The Hall–Kier alpha value is -2.38. The molecular weight excluding hydrogens is 412 g/mol. The number of rotatable bonds is 7. The summed E-state index contributed by atoms with van der Waals surface area (Å²) in [5.41, 5.74) is 1.39. The van der Waals surface area contributed by atoms with Gasteiger partial charge < -0.3 is 10.1 Å². The molecule has 1 heterocycles. The topological polar surface area (TPSA) is 75.7 Å². The maximum atomic E-state index is 13.0. The molecule has 7 heteroatoms. The highest BCUT2D eigenvalue weighted by molar-refractivity contribution is 7.92. The summed E-state index contributed by atoms with van der Waals surface area (Å²) >= 11 is 0. The van der Waals surface area contributed by atoms with Gasteiger partial charge in [-0.2, -0.15) is 0 Å². The predicted octanol–water partition coefficient (Wildman–Crippen LogP) is 3.69. The van der Waals surface area contributed by atoms with Crippen LogP contribution in [0.3, 0.4) is 0 Å². The average molecular weight is 445 g/mol. The van der Waals surface area contributed by atoms with Crippen molar-refractivity contribution in [3.63, 3.8) is 0 Å². The fraction of sp³-hybridized carbons (Fsp3) is 0.458. The first-order valence-corrected chi connectivity index (χ1v) is 12.3. The van der Waals surface area contributed by atoms with Crippen LogP contribution in [0.15, 0.2) is 53.4 Å². The molecule has 1 aliphatic heterocycles. The highest BCUT2D eigenvalue weighted by Gasteiger charge is 2.31. The molecule has 1 N–H and O–H groups in total. The van der Waals surface area contributed by atoms with Crippen LogP contribution in [-0.2, 0) is 9.84 Å². The maximum Gasteiger partial charge on any atom is 0.252 e. The van der Waals surface area contributed by atoms with Gasteiger partial charge in [0.1, 0.15) is 5.75 Å². The van der Waals surface area contributed by atoms with Gasteiger partial charge in [-0.3, -0.25) is 9.69 Å². The number of nitrogens with zero attached hydrogens (tertiary/aromatic N) is 1. The summed E-state index contributed by atoms with van der Waals surface area (Å²) in [5, 5.41) is 2.42. The Morgan fingerprint density at radius 3 is 2.48 bits per heavy atom. The lowest BCUT2D eigenvalue weighted by molar-refractivity contribution is 0.0888. The van der Waals surface area contributed by atoms with Crippen LogP contribution >= 0.6 is 0 Å². The van der Waals surface area contributed by atoms with E-state index >= 15 is 0 Å². The Balaban J connectivity index is 1.78. The van der Waals surface area contributed by atoms with Crippen LogP contribution in [-0.4, -0.2) is 51.7 Å². The van der Waals surface area contributed by atoms with Gasteiger partial charge in [0.25, 0.3) is 5.91 Å². The van der Waals surface area contributed by atoms with E-state index < -0.39 is 15.1 Å². The van der Waals surface area contributed by atoms with Crippen molar-refractivity contribution in [2.24, 2.45) is 5.92 Å². The molecule has 1 saturated heterocycles. The van der Waals surface area contributed by atoms with Crippen molar-refractivity contribution < 1.29 is 17.9 Å². The number of carbonyl (C=O) groups is 1. The SMILES string of the molecule is COc1ccc(C2C(CNC(=O)c3ccccc3S(=O)(=O)C(C)C)CCCN2C)cc1. The number of hydrogen-bond donors (Lipinski definition) is 1. The summed E-state index contributed by atoms with van der Waals surface area (Å²) in [7, 11) is 0.209. The van der Waals surface area contributed by atoms with E-state index in [1.54, 1.807) is 39.2 Å². The number of sulfone groups is 1.